The van der Waals surface area contributed by atoms with Crippen LogP contribution in [0.4, 0.5) is 0 Å². The van der Waals surface area contributed by atoms with Crippen molar-refractivity contribution in [1.29, 1.82) is 0 Å². The summed E-state index contributed by atoms with van der Waals surface area (Å²) in [6.45, 7) is 3.38. The van der Waals surface area contributed by atoms with E-state index < -0.39 is 0 Å². The minimum absolute atomic E-state index is 0.227. The van der Waals surface area contributed by atoms with Crippen molar-refractivity contribution in [1.82, 2.24) is 4.98 Å². The van der Waals surface area contributed by atoms with Crippen molar-refractivity contribution in [3.63, 3.8) is 0 Å². The molecule has 3 nitrogen and oxygen atoms in total. The van der Waals surface area contributed by atoms with Gasteiger partial charge in [-0.2, -0.15) is 0 Å². The van der Waals surface area contributed by atoms with Crippen LogP contribution in [0.25, 0.3) is 0 Å². The van der Waals surface area contributed by atoms with Gasteiger partial charge in [0.05, 0.1) is 0 Å². The van der Waals surface area contributed by atoms with Crippen LogP contribution in [-0.2, 0) is 11.3 Å². The first kappa shape index (κ1) is 10.1. The molecule has 0 aromatic carbocycles. The molecule has 1 aliphatic rings. The third-order valence-corrected chi connectivity index (χ3v) is 3.49. The molecule has 2 N–H and O–H groups in total. The lowest BCUT2D eigenvalue weighted by atomic mass is 10.2. The highest BCUT2D eigenvalue weighted by molar-refractivity contribution is 7.11. The van der Waals surface area contributed by atoms with Gasteiger partial charge in [-0.05, 0) is 25.7 Å². The molecule has 14 heavy (non-hydrogen) atoms. The molecular weight excluding hydrogens is 196 g/mol. The van der Waals surface area contributed by atoms with E-state index in [4.69, 9.17) is 10.5 Å². The summed E-state index contributed by atoms with van der Waals surface area (Å²) in [5, 5.41) is 1.11. The van der Waals surface area contributed by atoms with Crippen LogP contribution in [0.1, 0.15) is 35.8 Å². The van der Waals surface area contributed by atoms with Gasteiger partial charge in [0.2, 0.25) is 0 Å². The number of aromatic nitrogens is 1. The summed E-state index contributed by atoms with van der Waals surface area (Å²) < 4.78 is 5.72. The number of hydrogen-bond acceptors (Lipinski definition) is 4. The molecule has 78 valence electrons. The molecule has 1 fully saturated rings. The van der Waals surface area contributed by atoms with Gasteiger partial charge in [0.1, 0.15) is 11.1 Å². The quantitative estimate of drug-likeness (QED) is 0.813. The van der Waals surface area contributed by atoms with Gasteiger partial charge in [0.25, 0.3) is 0 Å². The molecule has 1 aromatic rings. The Bertz CT molecular complexity index is 296. The monoisotopic (exact) mass is 212 g/mol. The highest BCUT2D eigenvalue weighted by Gasteiger charge is 2.34. The molecule has 4 heteroatoms. The molecule has 1 aromatic heterocycles. The van der Waals surface area contributed by atoms with Crippen LogP contribution >= 0.6 is 11.3 Å². The van der Waals surface area contributed by atoms with E-state index in [1.807, 2.05) is 13.1 Å². The predicted molar refractivity (Wildman–Crippen MR) is 57.1 cm³/mol. The lowest BCUT2D eigenvalue weighted by Crippen LogP contribution is -2.05. The molecule has 0 amide bonds. The smallest absolute Gasteiger partial charge is 0.122 e. The molecule has 1 unspecified atom stereocenters. The van der Waals surface area contributed by atoms with Crippen LogP contribution in [0.2, 0.25) is 0 Å². The molecule has 0 spiro atoms. The predicted octanol–water partition coefficient (Wildman–Crippen LogP) is 2.09. The molecule has 1 saturated carbocycles. The zero-order valence-corrected chi connectivity index (χ0v) is 9.22. The summed E-state index contributed by atoms with van der Waals surface area (Å²) in [4.78, 5) is 5.52. The minimum Gasteiger partial charge on any atom is -0.371 e. The van der Waals surface area contributed by atoms with E-state index in [2.05, 4.69) is 4.98 Å². The SMILES string of the molecule is CCOC(c1ncc(CN)s1)C1CC1. The summed E-state index contributed by atoms with van der Waals surface area (Å²) in [7, 11) is 0. The van der Waals surface area contributed by atoms with Crippen molar-refractivity contribution in [2.45, 2.75) is 32.4 Å². The second-order valence-corrected chi connectivity index (χ2v) is 4.73. The number of thiazole rings is 1. The van der Waals surface area contributed by atoms with Gasteiger partial charge < -0.3 is 10.5 Å². The van der Waals surface area contributed by atoms with Gasteiger partial charge in [-0.15, -0.1) is 11.3 Å². The van der Waals surface area contributed by atoms with Crippen LogP contribution in [0.15, 0.2) is 6.20 Å². The summed E-state index contributed by atoms with van der Waals surface area (Å²) in [6, 6.07) is 0. The average molecular weight is 212 g/mol. The Hall–Kier alpha value is -0.450. The van der Waals surface area contributed by atoms with Crippen molar-refractivity contribution in [3.8, 4) is 0 Å². The zero-order chi connectivity index (χ0) is 9.97. The largest absolute Gasteiger partial charge is 0.371 e. The Morgan fingerprint density at radius 2 is 2.50 bits per heavy atom. The third-order valence-electron chi connectivity index (χ3n) is 2.41. The Balaban J connectivity index is 2.08. The number of rotatable bonds is 5. The highest BCUT2D eigenvalue weighted by atomic mass is 32.1. The normalized spacial score (nSPS) is 18.4. The highest BCUT2D eigenvalue weighted by Crippen LogP contribution is 2.44. The molecular formula is C10H16N2OS. The number of ether oxygens (including phenoxy) is 1. The Morgan fingerprint density at radius 1 is 1.71 bits per heavy atom. The fraction of sp³-hybridized carbons (Fsp3) is 0.700. The lowest BCUT2D eigenvalue weighted by Gasteiger charge is -2.12. The maximum Gasteiger partial charge on any atom is 0.122 e. The minimum atomic E-state index is 0.227. The van der Waals surface area contributed by atoms with Crippen LogP contribution in [0, 0.1) is 5.92 Å². The summed E-state index contributed by atoms with van der Waals surface area (Å²) in [6.07, 6.45) is 4.66. The summed E-state index contributed by atoms with van der Waals surface area (Å²) in [5.41, 5.74) is 5.56. The van der Waals surface area contributed by atoms with Gasteiger partial charge in [-0.25, -0.2) is 4.98 Å². The van der Waals surface area contributed by atoms with Crippen LogP contribution in [0.5, 0.6) is 0 Å². The number of nitrogens with zero attached hydrogens (tertiary/aromatic N) is 1. The Kier molecular flexibility index (Phi) is 3.15. The van der Waals surface area contributed by atoms with Crippen LogP contribution < -0.4 is 5.73 Å². The first-order valence-corrected chi connectivity index (χ1v) is 5.93. The molecule has 1 atom stereocenters. The van der Waals surface area contributed by atoms with Crippen molar-refractivity contribution in [2.24, 2.45) is 11.7 Å². The standard InChI is InChI=1S/C10H16N2OS/c1-2-13-9(7-3-4-7)10-12-6-8(5-11)14-10/h6-7,9H,2-5,11H2,1H3. The van der Waals surface area contributed by atoms with E-state index in [-0.39, 0.29) is 6.10 Å². The van der Waals surface area contributed by atoms with E-state index in [0.717, 1.165) is 16.5 Å². The van der Waals surface area contributed by atoms with Crippen LogP contribution in [0.3, 0.4) is 0 Å². The topological polar surface area (TPSA) is 48.1 Å². The second kappa shape index (κ2) is 4.38. The van der Waals surface area contributed by atoms with Crippen molar-refractivity contribution >= 4 is 11.3 Å². The Morgan fingerprint density at radius 3 is 3.00 bits per heavy atom. The number of nitrogens with two attached hydrogens (primary N) is 1. The third kappa shape index (κ3) is 2.13. The lowest BCUT2D eigenvalue weighted by molar-refractivity contribution is 0.0462. The van der Waals surface area contributed by atoms with Crippen molar-refractivity contribution in [2.75, 3.05) is 6.61 Å². The average Bonchev–Trinajstić information content (AvgIpc) is 2.92. The zero-order valence-electron chi connectivity index (χ0n) is 8.40. The summed E-state index contributed by atoms with van der Waals surface area (Å²) in [5.74, 6) is 0.701. The van der Waals surface area contributed by atoms with Crippen LogP contribution in [-0.4, -0.2) is 11.6 Å². The van der Waals surface area contributed by atoms with Crippen molar-refractivity contribution in [3.05, 3.63) is 16.1 Å². The van der Waals surface area contributed by atoms with E-state index in [1.165, 1.54) is 12.8 Å². The fourth-order valence-electron chi connectivity index (χ4n) is 1.54. The van der Waals surface area contributed by atoms with Gasteiger partial charge in [0, 0.05) is 24.2 Å². The number of hydrogen-bond donors (Lipinski definition) is 1. The second-order valence-electron chi connectivity index (χ2n) is 3.58. The van der Waals surface area contributed by atoms with E-state index in [9.17, 15) is 0 Å². The van der Waals surface area contributed by atoms with Gasteiger partial charge in [-0.3, -0.25) is 0 Å². The molecule has 1 heterocycles. The molecule has 2 rings (SSSR count). The van der Waals surface area contributed by atoms with Crippen molar-refractivity contribution < 1.29 is 4.74 Å². The van der Waals surface area contributed by atoms with Gasteiger partial charge in [0.15, 0.2) is 0 Å². The van der Waals surface area contributed by atoms with Gasteiger partial charge in [-0.1, -0.05) is 0 Å². The molecule has 0 bridgehead atoms. The van der Waals surface area contributed by atoms with E-state index in [1.54, 1.807) is 11.3 Å². The first-order chi connectivity index (χ1) is 6.85. The maximum atomic E-state index is 5.72. The maximum absolute atomic E-state index is 5.72. The Labute approximate surface area is 88.3 Å². The fourth-order valence-corrected chi connectivity index (χ4v) is 2.48. The molecule has 0 aliphatic heterocycles. The van der Waals surface area contributed by atoms with E-state index in [0.29, 0.717) is 12.5 Å². The van der Waals surface area contributed by atoms with Gasteiger partial charge >= 0.3 is 0 Å². The molecule has 1 aliphatic carbocycles. The van der Waals surface area contributed by atoms with E-state index >= 15 is 0 Å². The molecule has 0 radical (unpaired) electrons. The molecule has 0 saturated heterocycles. The summed E-state index contributed by atoms with van der Waals surface area (Å²) >= 11 is 1.69. The first-order valence-electron chi connectivity index (χ1n) is 5.11.